The van der Waals surface area contributed by atoms with Crippen molar-refractivity contribution in [1.82, 2.24) is 20.0 Å². The number of hydrogen-bond acceptors (Lipinski definition) is 7. The highest BCUT2D eigenvalue weighted by atomic mass is 16.5. The van der Waals surface area contributed by atoms with E-state index in [-0.39, 0.29) is 6.04 Å². The Morgan fingerprint density at radius 1 is 1.17 bits per heavy atom. The molecule has 152 valence electrons. The summed E-state index contributed by atoms with van der Waals surface area (Å²) < 4.78 is 16.1. The highest BCUT2D eigenvalue weighted by molar-refractivity contribution is 5.53. The molecular formula is C22H26N4O3. The summed E-state index contributed by atoms with van der Waals surface area (Å²) in [6.45, 7) is 5.07. The molecule has 1 unspecified atom stereocenters. The molecule has 0 spiro atoms. The van der Waals surface area contributed by atoms with Gasteiger partial charge in [0.2, 0.25) is 17.6 Å². The molecule has 3 heterocycles. The Balaban J connectivity index is 1.44. The van der Waals surface area contributed by atoms with Gasteiger partial charge in [-0.25, -0.2) is 4.98 Å². The molecule has 0 saturated carbocycles. The minimum Gasteiger partial charge on any atom is -0.475 e. The number of likely N-dealkylation sites (tertiary alicyclic amines) is 1. The lowest BCUT2D eigenvalue weighted by atomic mass is 10.1. The molecule has 7 nitrogen and oxygen atoms in total. The molecule has 7 heteroatoms. The van der Waals surface area contributed by atoms with Gasteiger partial charge in [-0.1, -0.05) is 29.4 Å². The standard InChI is InChI=1S/C22H26N4O3/c1-16-6-3-4-7-18(16)15-26-11-5-8-19(26)22-24-21(25-29-22)17-9-10-20(23-14-17)28-13-12-27-2/h3-4,6-7,9-10,14,19H,5,8,11-13,15H2,1-2H3. The molecule has 1 atom stereocenters. The van der Waals surface area contributed by atoms with E-state index in [2.05, 4.69) is 51.2 Å². The number of aryl methyl sites for hydroxylation is 1. The van der Waals surface area contributed by atoms with Gasteiger partial charge < -0.3 is 14.0 Å². The highest BCUT2D eigenvalue weighted by Gasteiger charge is 2.31. The Morgan fingerprint density at radius 2 is 2.07 bits per heavy atom. The lowest BCUT2D eigenvalue weighted by Gasteiger charge is -2.22. The van der Waals surface area contributed by atoms with E-state index in [1.807, 2.05) is 6.07 Å². The molecule has 1 aromatic carbocycles. The highest BCUT2D eigenvalue weighted by Crippen LogP contribution is 2.33. The normalized spacial score (nSPS) is 17.0. The maximum absolute atomic E-state index is 5.63. The summed E-state index contributed by atoms with van der Waals surface area (Å²) in [7, 11) is 1.64. The quantitative estimate of drug-likeness (QED) is 0.538. The van der Waals surface area contributed by atoms with Gasteiger partial charge in [0.05, 0.1) is 12.6 Å². The van der Waals surface area contributed by atoms with E-state index in [9.17, 15) is 0 Å². The van der Waals surface area contributed by atoms with Crippen LogP contribution in [0.5, 0.6) is 5.88 Å². The van der Waals surface area contributed by atoms with Crippen molar-refractivity contribution in [2.75, 3.05) is 26.9 Å². The van der Waals surface area contributed by atoms with Crippen molar-refractivity contribution in [3.63, 3.8) is 0 Å². The van der Waals surface area contributed by atoms with E-state index in [1.54, 1.807) is 19.4 Å². The van der Waals surface area contributed by atoms with E-state index in [1.165, 1.54) is 11.1 Å². The van der Waals surface area contributed by atoms with Gasteiger partial charge in [-0.3, -0.25) is 4.90 Å². The first-order valence-corrected chi connectivity index (χ1v) is 9.95. The molecule has 0 bridgehead atoms. The van der Waals surface area contributed by atoms with Gasteiger partial charge in [0.25, 0.3) is 0 Å². The predicted octanol–water partition coefficient (Wildman–Crippen LogP) is 3.80. The van der Waals surface area contributed by atoms with Crippen LogP contribution in [0.1, 0.15) is 35.9 Å². The molecule has 0 amide bonds. The van der Waals surface area contributed by atoms with E-state index >= 15 is 0 Å². The Hall–Kier alpha value is -2.77. The van der Waals surface area contributed by atoms with Crippen molar-refractivity contribution in [2.45, 2.75) is 32.4 Å². The van der Waals surface area contributed by atoms with Gasteiger partial charge in [0.1, 0.15) is 6.61 Å². The average Bonchev–Trinajstić information content (AvgIpc) is 3.40. The van der Waals surface area contributed by atoms with Crippen LogP contribution in [-0.2, 0) is 11.3 Å². The lowest BCUT2D eigenvalue weighted by Crippen LogP contribution is -2.23. The molecule has 2 aromatic heterocycles. The number of rotatable bonds is 8. The van der Waals surface area contributed by atoms with Crippen molar-refractivity contribution < 1.29 is 14.0 Å². The monoisotopic (exact) mass is 394 g/mol. The first-order chi connectivity index (χ1) is 14.2. The minimum absolute atomic E-state index is 0.153. The molecule has 4 rings (SSSR count). The van der Waals surface area contributed by atoms with Crippen molar-refractivity contribution in [3.8, 4) is 17.3 Å². The summed E-state index contributed by atoms with van der Waals surface area (Å²) in [6, 6.07) is 12.4. The van der Waals surface area contributed by atoms with Crippen LogP contribution in [-0.4, -0.2) is 46.9 Å². The summed E-state index contributed by atoms with van der Waals surface area (Å²) in [5.74, 6) is 1.78. The molecule has 1 aliphatic rings. The maximum Gasteiger partial charge on any atom is 0.244 e. The fourth-order valence-corrected chi connectivity index (χ4v) is 3.62. The summed E-state index contributed by atoms with van der Waals surface area (Å²) in [5, 5.41) is 4.18. The first-order valence-electron chi connectivity index (χ1n) is 9.95. The van der Waals surface area contributed by atoms with E-state index < -0.39 is 0 Å². The number of methoxy groups -OCH3 is 1. The summed E-state index contributed by atoms with van der Waals surface area (Å²) >= 11 is 0. The summed E-state index contributed by atoms with van der Waals surface area (Å²) in [4.78, 5) is 11.4. The molecule has 29 heavy (non-hydrogen) atoms. The van der Waals surface area contributed by atoms with Crippen molar-refractivity contribution >= 4 is 0 Å². The number of benzene rings is 1. The van der Waals surface area contributed by atoms with Crippen LogP contribution in [0, 0.1) is 6.92 Å². The van der Waals surface area contributed by atoms with E-state index in [4.69, 9.17) is 14.0 Å². The van der Waals surface area contributed by atoms with Gasteiger partial charge in [-0.15, -0.1) is 0 Å². The molecule has 1 saturated heterocycles. The first kappa shape index (κ1) is 19.5. The van der Waals surface area contributed by atoms with Crippen molar-refractivity contribution in [2.24, 2.45) is 0 Å². The number of nitrogens with zero attached hydrogens (tertiary/aromatic N) is 4. The van der Waals surface area contributed by atoms with Crippen molar-refractivity contribution in [1.29, 1.82) is 0 Å². The number of ether oxygens (including phenoxy) is 2. The van der Waals surface area contributed by atoms with Crippen molar-refractivity contribution in [3.05, 3.63) is 59.6 Å². The minimum atomic E-state index is 0.153. The third-order valence-electron chi connectivity index (χ3n) is 5.26. The Morgan fingerprint density at radius 3 is 2.86 bits per heavy atom. The van der Waals surface area contributed by atoms with Gasteiger partial charge >= 0.3 is 0 Å². The molecule has 1 aliphatic heterocycles. The largest absolute Gasteiger partial charge is 0.475 e. The molecule has 0 aliphatic carbocycles. The van der Waals surface area contributed by atoms with Crippen LogP contribution in [0.2, 0.25) is 0 Å². The SMILES string of the molecule is COCCOc1ccc(-c2noc(C3CCCN3Cc3ccccc3C)n2)cn1. The number of aromatic nitrogens is 3. The molecular weight excluding hydrogens is 368 g/mol. The van der Waals surface area contributed by atoms with Gasteiger partial charge in [0, 0.05) is 31.5 Å². The van der Waals surface area contributed by atoms with Gasteiger partial charge in [0.15, 0.2) is 0 Å². The predicted molar refractivity (Wildman–Crippen MR) is 108 cm³/mol. The zero-order valence-electron chi connectivity index (χ0n) is 16.9. The van der Waals surface area contributed by atoms with E-state index in [0.29, 0.717) is 30.8 Å². The van der Waals surface area contributed by atoms with Gasteiger partial charge in [-0.05, 0) is 43.5 Å². The second-order valence-corrected chi connectivity index (χ2v) is 7.24. The fourth-order valence-electron chi connectivity index (χ4n) is 3.62. The molecule has 3 aromatic rings. The smallest absolute Gasteiger partial charge is 0.244 e. The zero-order chi connectivity index (χ0) is 20.1. The Bertz CT molecular complexity index is 926. The van der Waals surface area contributed by atoms with Crippen LogP contribution in [0.3, 0.4) is 0 Å². The number of hydrogen-bond donors (Lipinski definition) is 0. The summed E-state index contributed by atoms with van der Waals surface area (Å²) in [6.07, 6.45) is 3.86. The number of pyridine rings is 1. The molecule has 0 radical (unpaired) electrons. The summed E-state index contributed by atoms with van der Waals surface area (Å²) in [5.41, 5.74) is 3.46. The third kappa shape index (κ3) is 4.63. The van der Waals surface area contributed by atoms with Gasteiger partial charge in [-0.2, -0.15) is 4.98 Å². The van der Waals surface area contributed by atoms with Crippen LogP contribution in [0.15, 0.2) is 47.1 Å². The second kappa shape index (κ2) is 9.15. The molecule has 0 N–H and O–H groups in total. The van der Waals surface area contributed by atoms with Crippen LogP contribution in [0.25, 0.3) is 11.4 Å². The topological polar surface area (TPSA) is 73.5 Å². The maximum atomic E-state index is 5.63. The zero-order valence-corrected chi connectivity index (χ0v) is 16.9. The van der Waals surface area contributed by atoms with E-state index in [0.717, 1.165) is 31.5 Å². The lowest BCUT2D eigenvalue weighted by molar-refractivity contribution is 0.144. The second-order valence-electron chi connectivity index (χ2n) is 7.24. The fraction of sp³-hybridized carbons (Fsp3) is 0.409. The van der Waals surface area contributed by atoms with Crippen LogP contribution < -0.4 is 4.74 Å². The Labute approximate surface area is 170 Å². The third-order valence-corrected chi connectivity index (χ3v) is 5.26. The van der Waals surface area contributed by atoms with Crippen LogP contribution in [0.4, 0.5) is 0 Å². The average molecular weight is 394 g/mol. The Kier molecular flexibility index (Phi) is 6.17. The molecule has 1 fully saturated rings. The van der Waals surface area contributed by atoms with Crippen LogP contribution >= 0.6 is 0 Å².